The molecule has 0 aliphatic carbocycles. The zero-order valence-corrected chi connectivity index (χ0v) is 12.6. The Morgan fingerprint density at radius 2 is 2.32 bits per heavy atom. The molecule has 1 amide bonds. The van der Waals surface area contributed by atoms with Crippen molar-refractivity contribution in [1.29, 1.82) is 0 Å². The van der Waals surface area contributed by atoms with Crippen LogP contribution in [-0.4, -0.2) is 33.3 Å². The van der Waals surface area contributed by atoms with Gasteiger partial charge in [0.05, 0.1) is 12.6 Å². The molecule has 1 saturated heterocycles. The lowest BCUT2D eigenvalue weighted by Crippen LogP contribution is -2.46. The molecule has 0 saturated carbocycles. The molecule has 1 unspecified atom stereocenters. The third-order valence-corrected chi connectivity index (χ3v) is 3.08. The number of hydrogen-bond acceptors (Lipinski definition) is 4. The van der Waals surface area contributed by atoms with Gasteiger partial charge in [0.1, 0.15) is 6.33 Å². The van der Waals surface area contributed by atoms with E-state index < -0.39 is 0 Å². The van der Waals surface area contributed by atoms with Gasteiger partial charge in [-0.05, 0) is 26.3 Å². The van der Waals surface area contributed by atoms with E-state index in [1.165, 1.54) is 0 Å². The van der Waals surface area contributed by atoms with Crippen LogP contribution < -0.4 is 10.6 Å². The van der Waals surface area contributed by atoms with Crippen LogP contribution in [0.3, 0.4) is 0 Å². The van der Waals surface area contributed by atoms with Crippen molar-refractivity contribution in [1.82, 2.24) is 25.4 Å². The fourth-order valence-corrected chi connectivity index (χ4v) is 2.04. The molecular formula is C11H21Cl2N5O. The number of carbonyl (C=O) groups excluding carboxylic acids is 1. The van der Waals surface area contributed by atoms with Crippen molar-refractivity contribution in [2.45, 2.75) is 45.3 Å². The van der Waals surface area contributed by atoms with E-state index in [-0.39, 0.29) is 36.8 Å². The van der Waals surface area contributed by atoms with Crippen LogP contribution in [0.4, 0.5) is 0 Å². The number of hydrogen-bond donors (Lipinski definition) is 2. The first-order chi connectivity index (χ1) is 8.31. The summed E-state index contributed by atoms with van der Waals surface area (Å²) in [7, 11) is 0. The van der Waals surface area contributed by atoms with Crippen LogP contribution >= 0.6 is 24.8 Å². The summed E-state index contributed by atoms with van der Waals surface area (Å²) in [4.78, 5) is 11.9. The minimum Gasteiger partial charge on any atom is -0.347 e. The Labute approximate surface area is 125 Å². The highest BCUT2D eigenvalue weighted by Crippen LogP contribution is 2.07. The quantitative estimate of drug-likeness (QED) is 0.867. The molecule has 0 radical (unpaired) electrons. The Morgan fingerprint density at radius 3 is 2.95 bits per heavy atom. The molecule has 8 heteroatoms. The zero-order chi connectivity index (χ0) is 12.1. The largest absolute Gasteiger partial charge is 0.347 e. The van der Waals surface area contributed by atoms with Gasteiger partial charge < -0.3 is 15.2 Å². The second-order valence-corrected chi connectivity index (χ2v) is 4.25. The Morgan fingerprint density at radius 1 is 1.53 bits per heavy atom. The molecule has 2 heterocycles. The number of nitrogens with one attached hydrogen (secondary N) is 2. The minimum atomic E-state index is -0.0400. The summed E-state index contributed by atoms with van der Waals surface area (Å²) in [6.45, 7) is 4.23. The molecule has 0 spiro atoms. The first-order valence-electron chi connectivity index (χ1n) is 6.19. The molecule has 1 aromatic rings. The summed E-state index contributed by atoms with van der Waals surface area (Å²) in [6.07, 6.45) is 4.89. The average molecular weight is 310 g/mol. The van der Waals surface area contributed by atoms with E-state index >= 15 is 0 Å². The van der Waals surface area contributed by atoms with E-state index in [1.54, 1.807) is 6.33 Å². The van der Waals surface area contributed by atoms with Gasteiger partial charge in [-0.2, -0.15) is 0 Å². The first kappa shape index (κ1) is 18.1. The van der Waals surface area contributed by atoms with E-state index in [4.69, 9.17) is 0 Å². The van der Waals surface area contributed by atoms with Gasteiger partial charge in [0.15, 0.2) is 5.82 Å². The van der Waals surface area contributed by atoms with E-state index in [0.29, 0.717) is 6.54 Å². The maximum absolute atomic E-state index is 11.9. The number of piperidine rings is 1. The van der Waals surface area contributed by atoms with Crippen LogP contribution in [0.25, 0.3) is 0 Å². The summed E-state index contributed by atoms with van der Waals surface area (Å²) < 4.78 is 1.93. The molecule has 110 valence electrons. The van der Waals surface area contributed by atoms with Crippen molar-refractivity contribution < 1.29 is 4.79 Å². The fourth-order valence-electron chi connectivity index (χ4n) is 2.04. The van der Waals surface area contributed by atoms with Gasteiger partial charge >= 0.3 is 0 Å². The van der Waals surface area contributed by atoms with Crippen LogP contribution in [0, 0.1) is 0 Å². The predicted molar refractivity (Wildman–Crippen MR) is 77.7 cm³/mol. The van der Waals surface area contributed by atoms with Crippen molar-refractivity contribution in [3.8, 4) is 0 Å². The van der Waals surface area contributed by atoms with Gasteiger partial charge in [-0.25, -0.2) is 0 Å². The van der Waals surface area contributed by atoms with Crippen molar-refractivity contribution >= 4 is 30.7 Å². The van der Waals surface area contributed by atoms with E-state index in [0.717, 1.165) is 38.2 Å². The molecule has 1 fully saturated rings. The fraction of sp³-hybridized carbons (Fsp3) is 0.727. The topological polar surface area (TPSA) is 71.8 Å². The first-order valence-corrected chi connectivity index (χ1v) is 6.19. The Bertz CT molecular complexity index is 379. The Hall–Kier alpha value is -0.850. The molecule has 2 rings (SSSR count). The van der Waals surface area contributed by atoms with E-state index in [1.807, 2.05) is 11.5 Å². The molecule has 1 aliphatic rings. The summed E-state index contributed by atoms with van der Waals surface area (Å²) in [6, 6.07) is -0.0400. The van der Waals surface area contributed by atoms with E-state index in [9.17, 15) is 4.79 Å². The third kappa shape index (κ3) is 4.97. The standard InChI is InChI=1S/C11H19N5O.2ClH/c1-2-16-8-14-15-10(16)7-13-11(17)9-5-3-4-6-12-9;;/h8-9,12H,2-7H2,1H3,(H,13,17);2*1H. The van der Waals surface area contributed by atoms with Crippen molar-refractivity contribution in [2.24, 2.45) is 0 Å². The monoisotopic (exact) mass is 309 g/mol. The van der Waals surface area contributed by atoms with Gasteiger partial charge in [0.25, 0.3) is 0 Å². The number of amides is 1. The Balaban J connectivity index is 0.00000162. The lowest BCUT2D eigenvalue weighted by molar-refractivity contribution is -0.123. The highest BCUT2D eigenvalue weighted by molar-refractivity contribution is 5.85. The number of aromatic nitrogens is 3. The number of rotatable bonds is 4. The number of aryl methyl sites for hydroxylation is 1. The molecule has 1 aromatic heterocycles. The highest BCUT2D eigenvalue weighted by atomic mass is 35.5. The molecular weight excluding hydrogens is 289 g/mol. The highest BCUT2D eigenvalue weighted by Gasteiger charge is 2.20. The minimum absolute atomic E-state index is 0. The lowest BCUT2D eigenvalue weighted by Gasteiger charge is -2.22. The van der Waals surface area contributed by atoms with Crippen molar-refractivity contribution in [3.63, 3.8) is 0 Å². The smallest absolute Gasteiger partial charge is 0.237 e. The van der Waals surface area contributed by atoms with Crippen LogP contribution in [0.2, 0.25) is 0 Å². The van der Waals surface area contributed by atoms with Gasteiger partial charge in [0.2, 0.25) is 5.91 Å². The molecule has 1 aliphatic heterocycles. The molecule has 0 aromatic carbocycles. The SMILES string of the molecule is CCn1cnnc1CNC(=O)C1CCCCN1.Cl.Cl. The van der Waals surface area contributed by atoms with Crippen LogP contribution in [0.15, 0.2) is 6.33 Å². The number of halogens is 2. The lowest BCUT2D eigenvalue weighted by atomic mass is 10.0. The summed E-state index contributed by atoms with van der Waals surface area (Å²) in [5, 5.41) is 13.9. The number of nitrogens with zero attached hydrogens (tertiary/aromatic N) is 3. The predicted octanol–water partition coefficient (Wildman–Crippen LogP) is 0.900. The second kappa shape index (κ2) is 9.12. The van der Waals surface area contributed by atoms with Gasteiger partial charge in [0, 0.05) is 6.54 Å². The molecule has 2 N–H and O–H groups in total. The van der Waals surface area contributed by atoms with Gasteiger partial charge in [-0.3, -0.25) is 4.79 Å². The maximum Gasteiger partial charge on any atom is 0.237 e. The van der Waals surface area contributed by atoms with Crippen LogP contribution in [0.1, 0.15) is 32.0 Å². The van der Waals surface area contributed by atoms with E-state index in [2.05, 4.69) is 20.8 Å². The van der Waals surface area contributed by atoms with Crippen molar-refractivity contribution in [2.75, 3.05) is 6.54 Å². The van der Waals surface area contributed by atoms with Crippen LogP contribution in [0.5, 0.6) is 0 Å². The van der Waals surface area contributed by atoms with Gasteiger partial charge in [-0.15, -0.1) is 35.0 Å². The normalized spacial score (nSPS) is 18.1. The molecule has 0 bridgehead atoms. The molecule has 19 heavy (non-hydrogen) atoms. The van der Waals surface area contributed by atoms with Crippen LogP contribution in [-0.2, 0) is 17.9 Å². The maximum atomic E-state index is 11.9. The summed E-state index contributed by atoms with van der Waals surface area (Å²) in [5.41, 5.74) is 0. The summed E-state index contributed by atoms with van der Waals surface area (Å²) >= 11 is 0. The Kier molecular flexibility index (Phi) is 8.71. The zero-order valence-electron chi connectivity index (χ0n) is 11.0. The molecule has 1 atom stereocenters. The third-order valence-electron chi connectivity index (χ3n) is 3.08. The number of carbonyl (C=O) groups is 1. The summed E-state index contributed by atoms with van der Waals surface area (Å²) in [5.74, 6) is 0.868. The second-order valence-electron chi connectivity index (χ2n) is 4.25. The van der Waals surface area contributed by atoms with Gasteiger partial charge in [-0.1, -0.05) is 6.42 Å². The molecule has 6 nitrogen and oxygen atoms in total. The van der Waals surface area contributed by atoms with Crippen molar-refractivity contribution in [3.05, 3.63) is 12.2 Å². The average Bonchev–Trinajstić information content (AvgIpc) is 2.84.